The summed E-state index contributed by atoms with van der Waals surface area (Å²) >= 11 is 1.27. The molecule has 1 amide bonds. The summed E-state index contributed by atoms with van der Waals surface area (Å²) in [7, 11) is 3.10. The van der Waals surface area contributed by atoms with Gasteiger partial charge in [-0.05, 0) is 29.8 Å². The zero-order valence-electron chi connectivity index (χ0n) is 17.2. The maximum Gasteiger partial charge on any atom is 0.270 e. The molecule has 0 aliphatic rings. The van der Waals surface area contributed by atoms with Crippen molar-refractivity contribution in [1.82, 2.24) is 9.97 Å². The molecule has 10 heteroatoms. The lowest BCUT2D eigenvalue weighted by atomic mass is 10.1. The van der Waals surface area contributed by atoms with Crippen molar-refractivity contribution in [3.05, 3.63) is 82.2 Å². The van der Waals surface area contributed by atoms with Crippen molar-refractivity contribution in [1.29, 1.82) is 0 Å². The average molecular weight is 450 g/mol. The molecule has 0 fully saturated rings. The topological polar surface area (TPSA) is 108 Å². The van der Waals surface area contributed by atoms with Crippen molar-refractivity contribution in [2.24, 2.45) is 0 Å². The average Bonchev–Trinajstić information content (AvgIpc) is 3.27. The summed E-state index contributed by atoms with van der Waals surface area (Å²) in [5.74, 6) is 0.732. The number of ether oxygens (including phenoxy) is 2. The van der Waals surface area contributed by atoms with E-state index in [9.17, 15) is 14.9 Å². The Morgan fingerprint density at radius 3 is 2.59 bits per heavy atom. The molecule has 0 unspecified atom stereocenters. The van der Waals surface area contributed by atoms with Gasteiger partial charge in [-0.1, -0.05) is 23.5 Å². The van der Waals surface area contributed by atoms with Gasteiger partial charge in [0.15, 0.2) is 5.13 Å². The molecule has 0 aliphatic carbocycles. The fraction of sp³-hybridized carbons (Fsp3) is 0.136. The lowest BCUT2D eigenvalue weighted by Gasteiger charge is -2.20. The first-order chi connectivity index (χ1) is 15.5. The minimum Gasteiger partial charge on any atom is -0.495 e. The number of methoxy groups -OCH3 is 2. The van der Waals surface area contributed by atoms with Crippen LogP contribution in [0, 0.1) is 10.1 Å². The van der Waals surface area contributed by atoms with E-state index in [0.717, 1.165) is 10.3 Å². The van der Waals surface area contributed by atoms with Crippen LogP contribution >= 0.6 is 11.3 Å². The summed E-state index contributed by atoms with van der Waals surface area (Å²) in [6.07, 6.45) is 3.30. The van der Waals surface area contributed by atoms with E-state index in [4.69, 9.17) is 9.47 Å². The monoisotopic (exact) mass is 450 g/mol. The van der Waals surface area contributed by atoms with E-state index in [1.165, 1.54) is 34.4 Å². The summed E-state index contributed by atoms with van der Waals surface area (Å²) in [6.45, 7) is 0.180. The number of anilines is 1. The lowest BCUT2D eigenvalue weighted by Crippen LogP contribution is -2.30. The minimum absolute atomic E-state index is 0.162. The Bertz CT molecular complexity index is 1250. The highest BCUT2D eigenvalue weighted by molar-refractivity contribution is 7.22. The first-order valence-corrected chi connectivity index (χ1v) is 10.3. The number of nitrogens with zero attached hydrogens (tertiary/aromatic N) is 4. The highest BCUT2D eigenvalue weighted by Crippen LogP contribution is 2.40. The molecule has 2 aromatic carbocycles. The van der Waals surface area contributed by atoms with Crippen LogP contribution in [0.5, 0.6) is 11.5 Å². The standard InChI is InChI=1S/C22H18N4O5S/c1-30-17-8-9-18(31-2)20-19(17)24-22(32-20)25(13-14-5-4-10-23-12-14)21(27)15-6-3-7-16(11-15)26(28)29/h3-12H,13H2,1-2H3. The molecule has 0 atom stereocenters. The number of carbonyl (C=O) groups is 1. The first-order valence-electron chi connectivity index (χ1n) is 9.48. The van der Waals surface area contributed by atoms with Crippen molar-refractivity contribution >= 4 is 38.3 Å². The largest absolute Gasteiger partial charge is 0.495 e. The number of pyridine rings is 1. The predicted octanol–water partition coefficient (Wildman–Crippen LogP) is 4.46. The second-order valence-corrected chi connectivity index (χ2v) is 7.68. The van der Waals surface area contributed by atoms with Gasteiger partial charge in [0.05, 0.1) is 25.7 Å². The van der Waals surface area contributed by atoms with Gasteiger partial charge in [-0.15, -0.1) is 0 Å². The van der Waals surface area contributed by atoms with E-state index in [-0.39, 0.29) is 17.8 Å². The van der Waals surface area contributed by atoms with Crippen LogP contribution in [-0.2, 0) is 6.54 Å². The SMILES string of the molecule is COc1ccc(OC)c2sc(N(Cc3cccnc3)C(=O)c3cccc([N+](=O)[O-])c3)nc12. The summed E-state index contributed by atoms with van der Waals surface area (Å²) in [4.78, 5) is 34.4. The second kappa shape index (κ2) is 8.98. The molecule has 0 saturated heterocycles. The molecule has 0 N–H and O–H groups in total. The highest BCUT2D eigenvalue weighted by Gasteiger charge is 2.25. The Morgan fingerprint density at radius 1 is 1.12 bits per heavy atom. The maximum atomic E-state index is 13.5. The molecule has 0 radical (unpaired) electrons. The molecule has 9 nitrogen and oxygen atoms in total. The number of nitro benzene ring substituents is 1. The van der Waals surface area contributed by atoms with E-state index in [0.29, 0.717) is 22.1 Å². The number of hydrogen-bond donors (Lipinski definition) is 0. The number of rotatable bonds is 7. The molecule has 0 saturated carbocycles. The maximum absolute atomic E-state index is 13.5. The van der Waals surface area contributed by atoms with Crippen molar-refractivity contribution in [2.75, 3.05) is 19.1 Å². The Morgan fingerprint density at radius 2 is 1.91 bits per heavy atom. The number of hydrogen-bond acceptors (Lipinski definition) is 8. The van der Waals surface area contributed by atoms with Gasteiger partial charge < -0.3 is 9.47 Å². The third-order valence-electron chi connectivity index (χ3n) is 4.74. The minimum atomic E-state index is -0.532. The van der Waals surface area contributed by atoms with Gasteiger partial charge >= 0.3 is 0 Å². The fourth-order valence-corrected chi connectivity index (χ4v) is 4.27. The summed E-state index contributed by atoms with van der Waals surface area (Å²) in [5, 5.41) is 11.6. The molecule has 32 heavy (non-hydrogen) atoms. The molecule has 0 aliphatic heterocycles. The Balaban J connectivity index is 1.84. The first kappa shape index (κ1) is 21.2. The van der Waals surface area contributed by atoms with Gasteiger partial charge in [-0.3, -0.25) is 24.8 Å². The van der Waals surface area contributed by atoms with Crippen molar-refractivity contribution in [3.63, 3.8) is 0 Å². The normalized spacial score (nSPS) is 10.7. The van der Waals surface area contributed by atoms with E-state index < -0.39 is 10.8 Å². The van der Waals surface area contributed by atoms with Crippen LogP contribution in [0.25, 0.3) is 10.2 Å². The molecule has 4 aromatic rings. The fourth-order valence-electron chi connectivity index (χ4n) is 3.20. The highest BCUT2D eigenvalue weighted by atomic mass is 32.1. The quantitative estimate of drug-likeness (QED) is 0.302. The van der Waals surface area contributed by atoms with Gasteiger partial charge in [0.25, 0.3) is 11.6 Å². The number of fused-ring (bicyclic) bond motifs is 1. The number of aromatic nitrogens is 2. The van der Waals surface area contributed by atoms with Gasteiger partial charge in [0, 0.05) is 30.1 Å². The van der Waals surface area contributed by atoms with Crippen LogP contribution < -0.4 is 14.4 Å². The van der Waals surface area contributed by atoms with Crippen molar-refractivity contribution < 1.29 is 19.2 Å². The lowest BCUT2D eigenvalue weighted by molar-refractivity contribution is -0.384. The number of nitro groups is 1. The number of benzene rings is 2. The zero-order chi connectivity index (χ0) is 22.7. The van der Waals surface area contributed by atoms with Crippen molar-refractivity contribution in [2.45, 2.75) is 6.54 Å². The van der Waals surface area contributed by atoms with Gasteiger partial charge in [0.1, 0.15) is 21.7 Å². The van der Waals surface area contributed by atoms with E-state index in [1.807, 2.05) is 6.07 Å². The number of non-ortho nitro benzene ring substituents is 1. The van der Waals surface area contributed by atoms with E-state index in [2.05, 4.69) is 9.97 Å². The van der Waals surface area contributed by atoms with Crippen LogP contribution in [0.4, 0.5) is 10.8 Å². The second-order valence-electron chi connectivity index (χ2n) is 6.70. The molecule has 0 spiro atoms. The van der Waals surface area contributed by atoms with Gasteiger partial charge in [0.2, 0.25) is 0 Å². The van der Waals surface area contributed by atoms with Crippen LogP contribution in [-0.4, -0.2) is 35.0 Å². The van der Waals surface area contributed by atoms with Gasteiger partial charge in [-0.25, -0.2) is 4.98 Å². The number of carbonyl (C=O) groups excluding carboxylic acids is 1. The Hall–Kier alpha value is -4.05. The smallest absolute Gasteiger partial charge is 0.270 e. The molecule has 4 rings (SSSR count). The Labute approximate surface area is 187 Å². The molecular weight excluding hydrogens is 432 g/mol. The zero-order valence-corrected chi connectivity index (χ0v) is 18.0. The molecule has 0 bridgehead atoms. The molecule has 2 aromatic heterocycles. The van der Waals surface area contributed by atoms with E-state index >= 15 is 0 Å². The van der Waals surface area contributed by atoms with Crippen LogP contribution in [0.1, 0.15) is 15.9 Å². The summed E-state index contributed by atoms with van der Waals surface area (Å²) in [6, 6.07) is 12.8. The van der Waals surface area contributed by atoms with Crippen LogP contribution in [0.15, 0.2) is 60.9 Å². The summed E-state index contributed by atoms with van der Waals surface area (Å²) in [5.41, 5.74) is 1.37. The van der Waals surface area contributed by atoms with Crippen molar-refractivity contribution in [3.8, 4) is 11.5 Å². The molecule has 162 valence electrons. The van der Waals surface area contributed by atoms with Gasteiger partial charge in [-0.2, -0.15) is 0 Å². The number of amides is 1. The third kappa shape index (κ3) is 4.08. The molecular formula is C22H18N4O5S. The third-order valence-corrected chi connectivity index (χ3v) is 5.84. The molecule has 2 heterocycles. The Kier molecular flexibility index (Phi) is 5.95. The van der Waals surface area contributed by atoms with E-state index in [1.54, 1.807) is 50.9 Å². The van der Waals surface area contributed by atoms with Crippen LogP contribution in [0.3, 0.4) is 0 Å². The number of thiazole rings is 1. The predicted molar refractivity (Wildman–Crippen MR) is 121 cm³/mol. The van der Waals surface area contributed by atoms with Crippen LogP contribution in [0.2, 0.25) is 0 Å². The summed E-state index contributed by atoms with van der Waals surface area (Å²) < 4.78 is 11.6.